The molecule has 1 aromatic carbocycles. The van der Waals surface area contributed by atoms with Crippen molar-refractivity contribution in [2.24, 2.45) is 7.05 Å². The van der Waals surface area contributed by atoms with Crippen LogP contribution >= 0.6 is 0 Å². The molecule has 1 N–H and O–H groups in total. The highest BCUT2D eigenvalue weighted by molar-refractivity contribution is 6.03. The topological polar surface area (TPSA) is 51.9 Å². The zero-order valence-corrected chi connectivity index (χ0v) is 11.0. The Morgan fingerprint density at radius 2 is 1.85 bits per heavy atom. The van der Waals surface area contributed by atoms with Gasteiger partial charge >= 0.3 is 0 Å². The maximum Gasteiger partial charge on any atom is 0.258 e. The van der Waals surface area contributed by atoms with Crippen LogP contribution < -0.4 is 5.32 Å². The fraction of sp³-hybridized carbons (Fsp3) is 0.0667. The zero-order chi connectivity index (χ0) is 13.9. The Morgan fingerprint density at radius 3 is 2.45 bits per heavy atom. The summed E-state index contributed by atoms with van der Waals surface area (Å²) in [4.78, 5) is 12.0. The lowest BCUT2D eigenvalue weighted by molar-refractivity contribution is 0.102. The van der Waals surface area contributed by atoms with Crippen LogP contribution in [0.25, 0.3) is 5.69 Å². The van der Waals surface area contributed by atoms with Gasteiger partial charge in [0.1, 0.15) is 0 Å². The number of benzene rings is 1. The molecule has 0 fully saturated rings. The summed E-state index contributed by atoms with van der Waals surface area (Å²) in [6.07, 6.45) is 7.18. The third kappa shape index (κ3) is 2.47. The number of aromatic nitrogens is 3. The lowest BCUT2D eigenvalue weighted by Crippen LogP contribution is -2.11. The highest BCUT2D eigenvalue weighted by atomic mass is 16.1. The molecule has 1 amide bonds. The molecular formula is C15H14N4O. The summed E-state index contributed by atoms with van der Waals surface area (Å²) < 4.78 is 3.61. The van der Waals surface area contributed by atoms with Crippen molar-refractivity contribution < 1.29 is 4.79 Å². The van der Waals surface area contributed by atoms with Crippen molar-refractivity contribution in [3.05, 3.63) is 66.7 Å². The summed E-state index contributed by atoms with van der Waals surface area (Å²) in [5.41, 5.74) is 2.35. The van der Waals surface area contributed by atoms with Gasteiger partial charge in [0.25, 0.3) is 5.91 Å². The molecule has 0 radical (unpaired) electrons. The van der Waals surface area contributed by atoms with Crippen LogP contribution in [0.2, 0.25) is 0 Å². The number of carbonyl (C=O) groups excluding carboxylic acids is 1. The highest BCUT2D eigenvalue weighted by Gasteiger charge is 2.07. The summed E-state index contributed by atoms with van der Waals surface area (Å²) in [6, 6.07) is 11.6. The molecule has 0 atom stereocenters. The first-order chi connectivity index (χ1) is 9.72. The average Bonchev–Trinajstić information content (AvgIpc) is 3.10. The number of hydrogen-bond donors (Lipinski definition) is 1. The Bertz CT molecular complexity index is 711. The number of carbonyl (C=O) groups is 1. The van der Waals surface area contributed by atoms with Crippen molar-refractivity contribution in [3.8, 4) is 5.69 Å². The van der Waals surface area contributed by atoms with E-state index < -0.39 is 0 Å². The molecule has 5 nitrogen and oxygen atoms in total. The lowest BCUT2D eigenvalue weighted by atomic mass is 10.2. The van der Waals surface area contributed by atoms with E-state index in [0.717, 1.165) is 11.4 Å². The lowest BCUT2D eigenvalue weighted by Gasteiger charge is -2.06. The Balaban J connectivity index is 1.74. The number of rotatable bonds is 3. The quantitative estimate of drug-likeness (QED) is 0.791. The molecule has 3 rings (SSSR count). The highest BCUT2D eigenvalue weighted by Crippen LogP contribution is 2.14. The van der Waals surface area contributed by atoms with Gasteiger partial charge in [-0.15, -0.1) is 0 Å². The molecule has 2 aromatic heterocycles. The minimum atomic E-state index is -0.160. The smallest absolute Gasteiger partial charge is 0.258 e. The largest absolute Gasteiger partial charge is 0.324 e. The number of aryl methyl sites for hydroxylation is 1. The van der Waals surface area contributed by atoms with Gasteiger partial charge in [-0.05, 0) is 36.4 Å². The molecule has 0 aliphatic carbocycles. The molecule has 0 saturated heterocycles. The number of amides is 1. The number of nitrogens with zero attached hydrogens (tertiary/aromatic N) is 3. The molecule has 0 spiro atoms. The van der Waals surface area contributed by atoms with Gasteiger partial charge in [-0.3, -0.25) is 9.48 Å². The number of nitrogens with one attached hydrogen (secondary N) is 1. The molecule has 0 bridgehead atoms. The van der Waals surface area contributed by atoms with E-state index in [1.807, 2.05) is 53.4 Å². The van der Waals surface area contributed by atoms with Crippen molar-refractivity contribution in [1.29, 1.82) is 0 Å². The molecule has 0 saturated carbocycles. The first kappa shape index (κ1) is 12.2. The first-order valence-electron chi connectivity index (χ1n) is 6.26. The maximum atomic E-state index is 12.0. The predicted octanol–water partition coefficient (Wildman–Crippen LogP) is 2.46. The van der Waals surface area contributed by atoms with Gasteiger partial charge < -0.3 is 9.88 Å². The normalized spacial score (nSPS) is 10.4. The third-order valence-electron chi connectivity index (χ3n) is 2.99. The van der Waals surface area contributed by atoms with Gasteiger partial charge in [-0.1, -0.05) is 0 Å². The Kier molecular flexibility index (Phi) is 3.09. The molecule has 0 aliphatic heterocycles. The van der Waals surface area contributed by atoms with Crippen LogP contribution in [0.4, 0.5) is 5.69 Å². The van der Waals surface area contributed by atoms with E-state index in [1.165, 1.54) is 0 Å². The molecule has 5 heteroatoms. The monoisotopic (exact) mass is 266 g/mol. The van der Waals surface area contributed by atoms with Gasteiger partial charge in [0.2, 0.25) is 0 Å². The molecule has 0 aliphatic rings. The van der Waals surface area contributed by atoms with Crippen LogP contribution in [0.5, 0.6) is 0 Å². The standard InChI is InChI=1S/C15H14N4O/c1-18-11-12(10-16-18)15(20)17-13-4-6-14(7-5-13)19-8-2-3-9-19/h2-11H,1H3,(H,17,20). The summed E-state index contributed by atoms with van der Waals surface area (Å²) in [5.74, 6) is -0.160. The van der Waals surface area contributed by atoms with E-state index in [-0.39, 0.29) is 5.91 Å². The van der Waals surface area contributed by atoms with Gasteiger partial charge in [-0.2, -0.15) is 5.10 Å². The van der Waals surface area contributed by atoms with E-state index in [0.29, 0.717) is 5.56 Å². The SMILES string of the molecule is Cn1cc(C(=O)Nc2ccc(-n3cccc3)cc2)cn1. The average molecular weight is 266 g/mol. The van der Waals surface area contributed by atoms with Crippen LogP contribution in [0, 0.1) is 0 Å². The fourth-order valence-electron chi connectivity index (χ4n) is 1.97. The second-order valence-electron chi connectivity index (χ2n) is 4.49. The van der Waals surface area contributed by atoms with Crippen molar-refractivity contribution in [1.82, 2.24) is 14.3 Å². The van der Waals surface area contributed by atoms with Gasteiger partial charge in [0.05, 0.1) is 11.8 Å². The fourth-order valence-corrected chi connectivity index (χ4v) is 1.97. The summed E-state index contributed by atoms with van der Waals surface area (Å²) >= 11 is 0. The molecule has 0 unspecified atom stereocenters. The zero-order valence-electron chi connectivity index (χ0n) is 11.0. The van der Waals surface area contributed by atoms with E-state index in [4.69, 9.17) is 0 Å². The first-order valence-corrected chi connectivity index (χ1v) is 6.26. The summed E-state index contributed by atoms with van der Waals surface area (Å²) in [5, 5.41) is 6.82. The molecule has 20 heavy (non-hydrogen) atoms. The van der Waals surface area contributed by atoms with Crippen molar-refractivity contribution in [3.63, 3.8) is 0 Å². The van der Waals surface area contributed by atoms with Crippen LogP contribution in [0.15, 0.2) is 61.2 Å². The Hall–Kier alpha value is -2.82. The van der Waals surface area contributed by atoms with E-state index in [2.05, 4.69) is 10.4 Å². The van der Waals surface area contributed by atoms with Crippen molar-refractivity contribution in [2.45, 2.75) is 0 Å². The number of hydrogen-bond acceptors (Lipinski definition) is 2. The van der Waals surface area contributed by atoms with Crippen LogP contribution in [0.3, 0.4) is 0 Å². The van der Waals surface area contributed by atoms with Crippen molar-refractivity contribution in [2.75, 3.05) is 5.32 Å². The van der Waals surface area contributed by atoms with Crippen LogP contribution in [0.1, 0.15) is 10.4 Å². The summed E-state index contributed by atoms with van der Waals surface area (Å²) in [6.45, 7) is 0. The van der Waals surface area contributed by atoms with Crippen LogP contribution in [-0.2, 0) is 7.05 Å². The van der Waals surface area contributed by atoms with Gasteiger partial charge in [-0.25, -0.2) is 0 Å². The number of anilines is 1. The summed E-state index contributed by atoms with van der Waals surface area (Å²) in [7, 11) is 1.78. The second kappa shape index (κ2) is 5.05. The third-order valence-corrected chi connectivity index (χ3v) is 2.99. The van der Waals surface area contributed by atoms with Crippen molar-refractivity contribution >= 4 is 11.6 Å². The van der Waals surface area contributed by atoms with E-state index in [1.54, 1.807) is 24.1 Å². The molecule has 2 heterocycles. The molecule has 100 valence electrons. The molecular weight excluding hydrogens is 252 g/mol. The van der Waals surface area contributed by atoms with E-state index >= 15 is 0 Å². The van der Waals surface area contributed by atoms with E-state index in [9.17, 15) is 4.79 Å². The van der Waals surface area contributed by atoms with Gasteiger partial charge in [0.15, 0.2) is 0 Å². The molecule has 3 aromatic rings. The Morgan fingerprint density at radius 1 is 1.15 bits per heavy atom. The van der Waals surface area contributed by atoms with Crippen LogP contribution in [-0.4, -0.2) is 20.3 Å². The predicted molar refractivity (Wildman–Crippen MR) is 76.9 cm³/mol. The minimum Gasteiger partial charge on any atom is -0.324 e. The minimum absolute atomic E-state index is 0.160. The maximum absolute atomic E-state index is 12.0. The van der Waals surface area contributed by atoms with Gasteiger partial charge in [0, 0.05) is 37.0 Å². The Labute approximate surface area is 116 Å². The second-order valence-corrected chi connectivity index (χ2v) is 4.49.